The van der Waals surface area contributed by atoms with Crippen molar-refractivity contribution < 1.29 is 50.0 Å². The summed E-state index contributed by atoms with van der Waals surface area (Å²) in [5, 5.41) is 67.0. The zero-order chi connectivity index (χ0) is 16.4. The van der Waals surface area contributed by atoms with Crippen molar-refractivity contribution in [1.82, 2.24) is 0 Å². The van der Waals surface area contributed by atoms with Gasteiger partial charge in [-0.3, -0.25) is 0 Å². The lowest BCUT2D eigenvalue weighted by Gasteiger charge is -2.44. The Balaban J connectivity index is 2.09. The molecule has 130 valence electrons. The van der Waals surface area contributed by atoms with Crippen LogP contribution in [0.5, 0.6) is 0 Å². The molecule has 0 spiro atoms. The molecule has 0 amide bonds. The van der Waals surface area contributed by atoms with Gasteiger partial charge in [-0.15, -0.1) is 0 Å². The van der Waals surface area contributed by atoms with Crippen molar-refractivity contribution in [2.45, 2.75) is 55.1 Å². The third-order valence-electron chi connectivity index (χ3n) is 3.90. The summed E-state index contributed by atoms with van der Waals surface area (Å²) < 4.78 is 15.6. The van der Waals surface area contributed by atoms with Crippen LogP contribution >= 0.6 is 0 Å². The highest BCUT2D eigenvalue weighted by atomic mass is 16.7. The summed E-state index contributed by atoms with van der Waals surface area (Å²) >= 11 is 0. The van der Waals surface area contributed by atoms with E-state index in [0.29, 0.717) is 0 Å². The Morgan fingerprint density at radius 2 is 1.45 bits per heavy atom. The van der Waals surface area contributed by atoms with E-state index in [1.54, 1.807) is 0 Å². The van der Waals surface area contributed by atoms with E-state index in [9.17, 15) is 30.6 Å². The van der Waals surface area contributed by atoms with Crippen molar-refractivity contribution in [2.24, 2.45) is 0 Å². The van der Waals surface area contributed by atoms with Crippen LogP contribution in [0.4, 0.5) is 0 Å². The molecule has 22 heavy (non-hydrogen) atoms. The Morgan fingerprint density at radius 1 is 0.818 bits per heavy atom. The maximum absolute atomic E-state index is 9.93. The van der Waals surface area contributed by atoms with E-state index in [-0.39, 0.29) is 6.61 Å². The minimum Gasteiger partial charge on any atom is -0.394 e. The van der Waals surface area contributed by atoms with Crippen LogP contribution in [0.3, 0.4) is 0 Å². The SMILES string of the molecule is OCC1O[C@H](O[C@@H]2C(CO)OCC(O)[C@H]2O)[C@@H](O)C(O)[C@@H]1O. The first kappa shape index (κ1) is 17.9. The highest BCUT2D eigenvalue weighted by molar-refractivity contribution is 4.92. The van der Waals surface area contributed by atoms with Gasteiger partial charge < -0.3 is 50.0 Å². The zero-order valence-corrected chi connectivity index (χ0v) is 11.7. The average Bonchev–Trinajstić information content (AvgIpc) is 2.52. The third kappa shape index (κ3) is 3.41. The van der Waals surface area contributed by atoms with Crippen LogP contribution in [-0.4, -0.2) is 111 Å². The summed E-state index contributed by atoms with van der Waals surface area (Å²) in [6.45, 7) is -1.33. The molecule has 0 aromatic rings. The molecule has 0 radical (unpaired) electrons. The summed E-state index contributed by atoms with van der Waals surface area (Å²) in [5.41, 5.74) is 0. The number of hydrogen-bond donors (Lipinski definition) is 7. The van der Waals surface area contributed by atoms with E-state index in [1.165, 1.54) is 0 Å². The van der Waals surface area contributed by atoms with Crippen LogP contribution in [0.25, 0.3) is 0 Å². The molecule has 4 unspecified atom stereocenters. The van der Waals surface area contributed by atoms with E-state index in [1.807, 2.05) is 0 Å². The first-order valence-corrected chi connectivity index (χ1v) is 6.95. The van der Waals surface area contributed by atoms with Gasteiger partial charge in [0.1, 0.15) is 48.8 Å². The predicted octanol–water partition coefficient (Wildman–Crippen LogP) is -4.72. The Hall–Kier alpha value is -0.400. The fraction of sp³-hybridized carbons (Fsp3) is 1.00. The van der Waals surface area contributed by atoms with Crippen molar-refractivity contribution in [2.75, 3.05) is 19.8 Å². The molecule has 0 aromatic carbocycles. The van der Waals surface area contributed by atoms with Crippen molar-refractivity contribution in [3.63, 3.8) is 0 Å². The van der Waals surface area contributed by atoms with Crippen LogP contribution in [0, 0.1) is 0 Å². The van der Waals surface area contributed by atoms with Crippen LogP contribution < -0.4 is 0 Å². The van der Waals surface area contributed by atoms with Crippen LogP contribution in [0.1, 0.15) is 0 Å². The van der Waals surface area contributed by atoms with Gasteiger partial charge in [-0.2, -0.15) is 0 Å². The Morgan fingerprint density at radius 3 is 2.05 bits per heavy atom. The second-order valence-corrected chi connectivity index (χ2v) is 5.41. The maximum Gasteiger partial charge on any atom is 0.187 e. The third-order valence-corrected chi connectivity index (χ3v) is 3.90. The van der Waals surface area contributed by atoms with E-state index in [4.69, 9.17) is 19.3 Å². The quantitative estimate of drug-likeness (QED) is 0.266. The van der Waals surface area contributed by atoms with E-state index < -0.39 is 68.3 Å². The van der Waals surface area contributed by atoms with Crippen LogP contribution in [-0.2, 0) is 14.2 Å². The molecule has 2 aliphatic heterocycles. The van der Waals surface area contributed by atoms with Gasteiger partial charge in [-0.25, -0.2) is 0 Å². The van der Waals surface area contributed by atoms with Gasteiger partial charge >= 0.3 is 0 Å². The number of hydrogen-bond acceptors (Lipinski definition) is 10. The summed E-state index contributed by atoms with van der Waals surface area (Å²) in [7, 11) is 0. The highest BCUT2D eigenvalue weighted by Crippen LogP contribution is 2.27. The van der Waals surface area contributed by atoms with Gasteiger partial charge in [0.2, 0.25) is 0 Å². The Bertz CT molecular complexity index is 351. The monoisotopic (exact) mass is 326 g/mol. The predicted molar refractivity (Wildman–Crippen MR) is 67.5 cm³/mol. The highest BCUT2D eigenvalue weighted by Gasteiger charge is 2.48. The summed E-state index contributed by atoms with van der Waals surface area (Å²) in [4.78, 5) is 0. The molecular formula is C12H22O10. The average molecular weight is 326 g/mol. The van der Waals surface area contributed by atoms with Crippen molar-refractivity contribution in [3.05, 3.63) is 0 Å². The first-order valence-electron chi connectivity index (χ1n) is 6.95. The minimum absolute atomic E-state index is 0.194. The number of ether oxygens (including phenoxy) is 3. The lowest BCUT2D eigenvalue weighted by molar-refractivity contribution is -0.336. The molecule has 0 aliphatic carbocycles. The molecule has 2 saturated heterocycles. The topological polar surface area (TPSA) is 169 Å². The summed E-state index contributed by atoms with van der Waals surface area (Å²) in [5.74, 6) is 0. The van der Waals surface area contributed by atoms with E-state index in [2.05, 4.69) is 0 Å². The fourth-order valence-electron chi connectivity index (χ4n) is 2.51. The molecule has 2 aliphatic rings. The Labute approximate surface area is 126 Å². The Kier molecular flexibility index (Phi) is 6.07. The molecule has 0 bridgehead atoms. The molecule has 9 atom stereocenters. The van der Waals surface area contributed by atoms with Gasteiger partial charge in [0.15, 0.2) is 6.29 Å². The molecule has 2 fully saturated rings. The normalized spacial score (nSPS) is 50.0. The lowest BCUT2D eigenvalue weighted by Crippen LogP contribution is -2.63. The smallest absolute Gasteiger partial charge is 0.187 e. The van der Waals surface area contributed by atoms with Crippen molar-refractivity contribution >= 4 is 0 Å². The molecule has 7 N–H and O–H groups in total. The molecule has 2 heterocycles. The first-order chi connectivity index (χ1) is 10.4. The standard InChI is InChI=1S/C12H22O10/c13-1-5-8(17)9(18)10(19)12(21-5)22-11-6(2-14)20-3-4(15)7(11)16/h4-19H,1-3H2/t4?,5?,6?,7-,8-,9?,10+,11-,12-/m1/s1. The summed E-state index contributed by atoms with van der Waals surface area (Å²) in [6.07, 6.45) is -12.3. The second kappa shape index (κ2) is 7.45. The van der Waals surface area contributed by atoms with Crippen LogP contribution in [0.15, 0.2) is 0 Å². The molecule has 2 rings (SSSR count). The fourth-order valence-corrected chi connectivity index (χ4v) is 2.51. The maximum atomic E-state index is 9.93. The van der Waals surface area contributed by atoms with Gasteiger partial charge in [-0.05, 0) is 0 Å². The zero-order valence-electron chi connectivity index (χ0n) is 11.7. The number of aliphatic hydroxyl groups is 7. The van der Waals surface area contributed by atoms with Gasteiger partial charge in [0, 0.05) is 0 Å². The molecule has 10 heteroatoms. The minimum atomic E-state index is -1.65. The number of aliphatic hydroxyl groups excluding tert-OH is 7. The molecule has 0 saturated carbocycles. The molecular weight excluding hydrogens is 304 g/mol. The largest absolute Gasteiger partial charge is 0.394 e. The van der Waals surface area contributed by atoms with Gasteiger partial charge in [0.25, 0.3) is 0 Å². The van der Waals surface area contributed by atoms with E-state index in [0.717, 1.165) is 0 Å². The molecule has 0 aromatic heterocycles. The number of rotatable bonds is 4. The second-order valence-electron chi connectivity index (χ2n) is 5.41. The van der Waals surface area contributed by atoms with Crippen LogP contribution in [0.2, 0.25) is 0 Å². The van der Waals surface area contributed by atoms with Gasteiger partial charge in [0.05, 0.1) is 19.8 Å². The lowest BCUT2D eigenvalue weighted by atomic mass is 9.97. The van der Waals surface area contributed by atoms with E-state index >= 15 is 0 Å². The van der Waals surface area contributed by atoms with Gasteiger partial charge in [-0.1, -0.05) is 0 Å². The molecule has 10 nitrogen and oxygen atoms in total. The van der Waals surface area contributed by atoms with Crippen molar-refractivity contribution in [1.29, 1.82) is 0 Å². The summed E-state index contributed by atoms with van der Waals surface area (Å²) in [6, 6.07) is 0. The van der Waals surface area contributed by atoms with Crippen molar-refractivity contribution in [3.8, 4) is 0 Å².